The van der Waals surface area contributed by atoms with Gasteiger partial charge in [0, 0.05) is 5.69 Å². The van der Waals surface area contributed by atoms with Gasteiger partial charge in [-0.05, 0) is 60.3 Å². The molecular weight excluding hydrogens is 391 g/mol. The maximum Gasteiger partial charge on any atom is 0.433 e. The molecule has 0 amide bonds. The molecule has 0 unspecified atom stereocenters. The molecule has 0 saturated carbocycles. The van der Waals surface area contributed by atoms with Gasteiger partial charge in [-0.2, -0.15) is 28.1 Å². The molecule has 0 atom stereocenters. The van der Waals surface area contributed by atoms with Crippen LogP contribution in [0.4, 0.5) is 24.8 Å². The van der Waals surface area contributed by atoms with Crippen molar-refractivity contribution >= 4 is 23.2 Å². The Labute approximate surface area is 164 Å². The van der Waals surface area contributed by atoms with Crippen molar-refractivity contribution in [3.63, 3.8) is 0 Å². The van der Waals surface area contributed by atoms with Crippen LogP contribution >= 0.6 is 11.6 Å². The summed E-state index contributed by atoms with van der Waals surface area (Å²) >= 11 is 5.94. The molecule has 0 radical (unpaired) electrons. The molecule has 0 fully saturated rings. The minimum absolute atomic E-state index is 0.0567. The largest absolute Gasteiger partial charge is 0.433 e. The van der Waals surface area contributed by atoms with Gasteiger partial charge in [0.2, 0.25) is 11.2 Å². The van der Waals surface area contributed by atoms with Crippen LogP contribution in [0.25, 0.3) is 11.5 Å². The number of pyridine rings is 1. The Bertz CT molecular complexity index is 1020. The summed E-state index contributed by atoms with van der Waals surface area (Å²) in [7, 11) is 0. The molecule has 3 aromatic rings. The lowest BCUT2D eigenvalue weighted by atomic mass is 10.1. The van der Waals surface area contributed by atoms with Crippen LogP contribution in [0.3, 0.4) is 0 Å². The van der Waals surface area contributed by atoms with Gasteiger partial charge in [0.15, 0.2) is 5.82 Å². The third-order valence-electron chi connectivity index (χ3n) is 3.65. The standard InChI is InChI=1S/C19H15ClF3N5/c1-3-5-12-8-11(2)9-13(10-12)24-18-27-16(26-17(20)28-18)14-6-4-7-15(25-14)19(21,22)23/h3-4,6-10H,1,5H2,2H3,(H,24,26,27,28). The third kappa shape index (κ3) is 4.83. The summed E-state index contributed by atoms with van der Waals surface area (Å²) in [6.07, 6.45) is -2.10. The molecule has 28 heavy (non-hydrogen) atoms. The van der Waals surface area contributed by atoms with E-state index in [1.165, 1.54) is 12.1 Å². The fourth-order valence-corrected chi connectivity index (χ4v) is 2.75. The van der Waals surface area contributed by atoms with E-state index in [1.54, 1.807) is 6.08 Å². The van der Waals surface area contributed by atoms with Gasteiger partial charge in [-0.1, -0.05) is 18.2 Å². The normalized spacial score (nSPS) is 11.3. The predicted octanol–water partition coefficient (Wildman–Crippen LogP) is 5.39. The highest BCUT2D eigenvalue weighted by Gasteiger charge is 2.32. The highest BCUT2D eigenvalue weighted by atomic mass is 35.5. The first-order valence-corrected chi connectivity index (χ1v) is 8.57. The van der Waals surface area contributed by atoms with E-state index in [4.69, 9.17) is 11.6 Å². The molecular formula is C19H15ClF3N5. The minimum atomic E-state index is -4.57. The topological polar surface area (TPSA) is 63.6 Å². The molecule has 1 aromatic carbocycles. The Hall–Kier alpha value is -3.00. The first kappa shape index (κ1) is 19.8. The SMILES string of the molecule is C=CCc1cc(C)cc(Nc2nc(Cl)nc(-c3cccc(C(F)(F)F)n3)n2)c1. The highest BCUT2D eigenvalue weighted by Crippen LogP contribution is 2.29. The summed E-state index contributed by atoms with van der Waals surface area (Å²) in [6, 6.07) is 9.28. The summed E-state index contributed by atoms with van der Waals surface area (Å²) in [5.74, 6) is 0.0388. The van der Waals surface area contributed by atoms with Crippen molar-refractivity contribution in [2.45, 2.75) is 19.5 Å². The summed E-state index contributed by atoms with van der Waals surface area (Å²) in [6.45, 7) is 5.66. The summed E-state index contributed by atoms with van der Waals surface area (Å²) in [5.41, 5.74) is 1.67. The monoisotopic (exact) mass is 405 g/mol. The number of rotatable bonds is 5. The number of halogens is 4. The zero-order valence-corrected chi connectivity index (χ0v) is 15.5. The fraction of sp³-hybridized carbons (Fsp3) is 0.158. The number of hydrogen-bond donors (Lipinski definition) is 1. The summed E-state index contributed by atoms with van der Waals surface area (Å²) in [5, 5.41) is 2.85. The average molecular weight is 406 g/mol. The van der Waals surface area contributed by atoms with Crippen molar-refractivity contribution in [3.05, 3.63) is 71.2 Å². The molecule has 144 valence electrons. The van der Waals surface area contributed by atoms with Crippen LogP contribution < -0.4 is 5.32 Å². The second-order valence-corrected chi connectivity index (χ2v) is 6.32. The van der Waals surface area contributed by atoms with Gasteiger partial charge in [0.25, 0.3) is 0 Å². The summed E-state index contributed by atoms with van der Waals surface area (Å²) in [4.78, 5) is 15.6. The van der Waals surface area contributed by atoms with E-state index < -0.39 is 11.9 Å². The molecule has 0 bridgehead atoms. The molecule has 0 saturated heterocycles. The Balaban J connectivity index is 1.96. The van der Waals surface area contributed by atoms with Crippen LogP contribution in [-0.4, -0.2) is 19.9 Å². The summed E-state index contributed by atoms with van der Waals surface area (Å²) < 4.78 is 38.7. The van der Waals surface area contributed by atoms with E-state index in [2.05, 4.69) is 31.8 Å². The number of nitrogens with one attached hydrogen (secondary N) is 1. The van der Waals surface area contributed by atoms with Crippen LogP contribution in [-0.2, 0) is 12.6 Å². The lowest BCUT2D eigenvalue weighted by Gasteiger charge is -2.10. The zero-order chi connectivity index (χ0) is 20.3. The van der Waals surface area contributed by atoms with E-state index in [1.807, 2.05) is 25.1 Å². The van der Waals surface area contributed by atoms with E-state index in [-0.39, 0.29) is 22.8 Å². The number of hydrogen-bond acceptors (Lipinski definition) is 5. The van der Waals surface area contributed by atoms with Crippen molar-refractivity contribution in [1.29, 1.82) is 0 Å². The van der Waals surface area contributed by atoms with E-state index in [0.717, 1.165) is 17.2 Å². The lowest BCUT2D eigenvalue weighted by molar-refractivity contribution is -0.141. The fourth-order valence-electron chi connectivity index (χ4n) is 2.59. The third-order valence-corrected chi connectivity index (χ3v) is 3.82. The Morgan fingerprint density at radius 2 is 1.89 bits per heavy atom. The predicted molar refractivity (Wildman–Crippen MR) is 101 cm³/mol. The minimum Gasteiger partial charge on any atom is -0.324 e. The van der Waals surface area contributed by atoms with Crippen LogP contribution in [0.1, 0.15) is 16.8 Å². The molecule has 0 aliphatic carbocycles. The highest BCUT2D eigenvalue weighted by molar-refractivity contribution is 6.28. The average Bonchev–Trinajstić information content (AvgIpc) is 2.60. The number of anilines is 2. The zero-order valence-electron chi connectivity index (χ0n) is 14.8. The van der Waals surface area contributed by atoms with E-state index in [9.17, 15) is 13.2 Å². The first-order valence-electron chi connectivity index (χ1n) is 8.19. The number of alkyl halides is 3. The van der Waals surface area contributed by atoms with Gasteiger partial charge in [0.1, 0.15) is 11.4 Å². The Morgan fingerprint density at radius 3 is 2.61 bits per heavy atom. The van der Waals surface area contributed by atoms with E-state index >= 15 is 0 Å². The van der Waals surface area contributed by atoms with Crippen molar-refractivity contribution in [1.82, 2.24) is 19.9 Å². The quantitative estimate of drug-likeness (QED) is 0.577. The number of benzene rings is 1. The number of aryl methyl sites for hydroxylation is 1. The van der Waals surface area contributed by atoms with Crippen molar-refractivity contribution < 1.29 is 13.2 Å². The van der Waals surface area contributed by atoms with Crippen LogP contribution in [0.2, 0.25) is 5.28 Å². The van der Waals surface area contributed by atoms with Crippen molar-refractivity contribution in [2.24, 2.45) is 0 Å². The molecule has 2 heterocycles. The van der Waals surface area contributed by atoms with Gasteiger partial charge in [-0.15, -0.1) is 6.58 Å². The molecule has 5 nitrogen and oxygen atoms in total. The molecule has 0 spiro atoms. The van der Waals surface area contributed by atoms with Crippen LogP contribution in [0, 0.1) is 6.92 Å². The number of nitrogens with zero attached hydrogens (tertiary/aromatic N) is 4. The first-order chi connectivity index (χ1) is 13.2. The van der Waals surface area contributed by atoms with Gasteiger partial charge in [-0.25, -0.2) is 4.98 Å². The van der Waals surface area contributed by atoms with Gasteiger partial charge in [0.05, 0.1) is 0 Å². The maximum absolute atomic E-state index is 12.9. The molecule has 3 rings (SSSR count). The van der Waals surface area contributed by atoms with Crippen LogP contribution in [0.5, 0.6) is 0 Å². The number of allylic oxidation sites excluding steroid dienone is 1. The molecule has 1 N–H and O–H groups in total. The van der Waals surface area contributed by atoms with Gasteiger partial charge in [-0.3, -0.25) is 0 Å². The molecule has 9 heteroatoms. The maximum atomic E-state index is 12.9. The Morgan fingerprint density at radius 1 is 1.11 bits per heavy atom. The second-order valence-electron chi connectivity index (χ2n) is 5.98. The van der Waals surface area contributed by atoms with E-state index in [0.29, 0.717) is 12.1 Å². The van der Waals surface area contributed by atoms with Gasteiger partial charge >= 0.3 is 6.18 Å². The smallest absolute Gasteiger partial charge is 0.324 e. The Kier molecular flexibility index (Phi) is 5.60. The molecule has 2 aromatic heterocycles. The van der Waals surface area contributed by atoms with Crippen LogP contribution in [0.15, 0.2) is 49.1 Å². The molecule has 0 aliphatic heterocycles. The lowest BCUT2D eigenvalue weighted by Crippen LogP contribution is -2.09. The van der Waals surface area contributed by atoms with Crippen molar-refractivity contribution in [3.8, 4) is 11.5 Å². The number of aromatic nitrogens is 4. The van der Waals surface area contributed by atoms with Crippen molar-refractivity contribution in [2.75, 3.05) is 5.32 Å². The second kappa shape index (κ2) is 7.93. The van der Waals surface area contributed by atoms with Gasteiger partial charge < -0.3 is 5.32 Å². The molecule has 0 aliphatic rings.